The van der Waals surface area contributed by atoms with Gasteiger partial charge in [-0.15, -0.1) is 0 Å². The summed E-state index contributed by atoms with van der Waals surface area (Å²) in [5, 5.41) is 3.64. The molecule has 2 aliphatic heterocycles. The summed E-state index contributed by atoms with van der Waals surface area (Å²) in [6.45, 7) is 10.8. The summed E-state index contributed by atoms with van der Waals surface area (Å²) in [4.78, 5) is 15.6. The highest BCUT2D eigenvalue weighted by atomic mass is 79.9. The average molecular weight is 751 g/mol. The Kier molecular flexibility index (Phi) is 16.9. The minimum atomic E-state index is 0. The molecule has 5 nitrogen and oxygen atoms in total. The molecule has 1 N–H and O–H groups in total. The zero-order chi connectivity index (χ0) is 31.9. The molecule has 2 fully saturated rings. The number of carbonyl (C=O) groups is 1. The Balaban J connectivity index is 0.000000233. The number of likely N-dealkylation sites (N-methyl/N-ethyl adjacent to an activating group) is 1. The van der Waals surface area contributed by atoms with E-state index in [9.17, 15) is 0 Å². The number of nitrogens with zero attached hydrogens (tertiary/aromatic N) is 3. The van der Waals surface area contributed by atoms with Crippen molar-refractivity contribution in [1.29, 1.82) is 0 Å². The monoisotopic (exact) mass is 748 g/mol. The average Bonchev–Trinajstić information content (AvgIpc) is 3.07. The van der Waals surface area contributed by atoms with E-state index in [1.165, 1.54) is 22.3 Å². The van der Waals surface area contributed by atoms with Crippen LogP contribution in [0.1, 0.15) is 29.7 Å². The van der Waals surface area contributed by atoms with Crippen LogP contribution in [0, 0.1) is 0 Å². The van der Waals surface area contributed by atoms with E-state index in [-0.39, 0.29) is 7.43 Å². The van der Waals surface area contributed by atoms with E-state index in [4.69, 9.17) is 4.79 Å². The van der Waals surface area contributed by atoms with E-state index in [2.05, 4.69) is 168 Å². The Bertz CT molecular complexity index is 1370. The molecule has 46 heavy (non-hydrogen) atoms. The normalized spacial score (nSPS) is 18.7. The van der Waals surface area contributed by atoms with Gasteiger partial charge in [-0.1, -0.05) is 124 Å². The van der Waals surface area contributed by atoms with Gasteiger partial charge in [-0.2, -0.15) is 0 Å². The fourth-order valence-electron chi connectivity index (χ4n) is 6.03. The van der Waals surface area contributed by atoms with Crippen molar-refractivity contribution < 1.29 is 4.79 Å². The van der Waals surface area contributed by atoms with Crippen molar-refractivity contribution in [1.82, 2.24) is 20.0 Å². The summed E-state index contributed by atoms with van der Waals surface area (Å²) in [6.07, 6.45) is 2.24. The van der Waals surface area contributed by atoms with Crippen LogP contribution >= 0.6 is 31.9 Å². The quantitative estimate of drug-likeness (QED) is 0.200. The van der Waals surface area contributed by atoms with Gasteiger partial charge in [-0.05, 0) is 66.4 Å². The molecule has 4 aromatic rings. The minimum absolute atomic E-state index is 0. The molecule has 0 saturated carbocycles. The predicted octanol–water partition coefficient (Wildman–Crippen LogP) is 7.72. The Labute approximate surface area is 294 Å². The van der Waals surface area contributed by atoms with Crippen LogP contribution in [0.4, 0.5) is 0 Å². The lowest BCUT2D eigenvalue weighted by atomic mass is 10.0. The number of carbonyl (C=O) groups excluding carboxylic acids is 1. The second kappa shape index (κ2) is 20.6. The molecule has 0 radical (unpaired) electrons. The Morgan fingerprint density at radius 1 is 0.630 bits per heavy atom. The first kappa shape index (κ1) is 37.8. The number of benzene rings is 4. The maximum absolute atomic E-state index is 8.00. The van der Waals surface area contributed by atoms with Gasteiger partial charge in [0.25, 0.3) is 0 Å². The summed E-state index contributed by atoms with van der Waals surface area (Å²) < 4.78 is 2.30. The molecule has 246 valence electrons. The van der Waals surface area contributed by atoms with E-state index in [0.717, 1.165) is 74.1 Å². The smallest absolute Gasteiger partial charge is 0.106 e. The van der Waals surface area contributed by atoms with Gasteiger partial charge in [0.05, 0.1) is 0 Å². The number of rotatable bonds is 8. The number of hydrogen-bond acceptors (Lipinski definition) is 5. The van der Waals surface area contributed by atoms with Gasteiger partial charge < -0.3 is 15.0 Å². The first-order valence-electron chi connectivity index (χ1n) is 15.7. The molecular formula is C39H50Br2N4O. The lowest BCUT2D eigenvalue weighted by Crippen LogP contribution is -2.51. The third-order valence-electron chi connectivity index (χ3n) is 8.48. The standard InChI is InChI=1S/C19H23BrN2.C18H21BrN2.CH2O.CH4/c1-21-11-12-22(14-17-7-9-18(20)10-8-17)15-19(21)13-16-5-3-2-4-6-16;19-17-8-6-16(7-9-17)13-21-11-10-20-18(14-21)12-15-4-2-1-3-5-15;1-2;/h2-10,19H,11-15H2,1H3;1-9,18,20H,10-14H2;1H2;1H4/t19-;18-;;/m00../s1. The van der Waals surface area contributed by atoms with Crippen molar-refractivity contribution in [3.05, 3.63) is 140 Å². The number of nitrogens with one attached hydrogen (secondary N) is 1. The molecule has 0 unspecified atom stereocenters. The van der Waals surface area contributed by atoms with E-state index >= 15 is 0 Å². The van der Waals surface area contributed by atoms with Gasteiger partial charge in [-0.25, -0.2) is 0 Å². The van der Waals surface area contributed by atoms with Crippen LogP contribution in [0.5, 0.6) is 0 Å². The van der Waals surface area contributed by atoms with Crippen LogP contribution in [0.15, 0.2) is 118 Å². The van der Waals surface area contributed by atoms with Gasteiger partial charge in [0.15, 0.2) is 0 Å². The highest BCUT2D eigenvalue weighted by molar-refractivity contribution is 9.10. The highest BCUT2D eigenvalue weighted by Crippen LogP contribution is 2.18. The Morgan fingerprint density at radius 3 is 1.63 bits per heavy atom. The van der Waals surface area contributed by atoms with Crippen LogP contribution in [0.25, 0.3) is 0 Å². The number of hydrogen-bond donors (Lipinski definition) is 1. The zero-order valence-corrected chi connectivity index (χ0v) is 29.5. The highest BCUT2D eigenvalue weighted by Gasteiger charge is 2.24. The third kappa shape index (κ3) is 12.9. The topological polar surface area (TPSA) is 38.8 Å². The minimum Gasteiger partial charge on any atom is -0.311 e. The summed E-state index contributed by atoms with van der Waals surface area (Å²) >= 11 is 7.00. The molecule has 0 spiro atoms. The molecule has 2 aliphatic rings. The van der Waals surface area contributed by atoms with Crippen LogP contribution in [-0.4, -0.2) is 79.9 Å². The number of halogens is 2. The lowest BCUT2D eigenvalue weighted by Gasteiger charge is -2.39. The van der Waals surface area contributed by atoms with Gasteiger partial charge in [0.1, 0.15) is 6.79 Å². The molecule has 0 aromatic heterocycles. The molecule has 7 heteroatoms. The third-order valence-corrected chi connectivity index (χ3v) is 9.54. The second-order valence-corrected chi connectivity index (χ2v) is 13.7. The van der Waals surface area contributed by atoms with E-state index in [1.807, 2.05) is 6.79 Å². The van der Waals surface area contributed by atoms with Crippen molar-refractivity contribution in [3.8, 4) is 0 Å². The van der Waals surface area contributed by atoms with Crippen molar-refractivity contribution in [2.45, 2.75) is 45.4 Å². The largest absolute Gasteiger partial charge is 0.311 e. The summed E-state index contributed by atoms with van der Waals surface area (Å²) in [6, 6.07) is 40.1. The first-order valence-corrected chi connectivity index (χ1v) is 17.3. The van der Waals surface area contributed by atoms with E-state index in [0.29, 0.717) is 12.1 Å². The first-order chi connectivity index (χ1) is 22.0. The molecule has 2 atom stereocenters. The van der Waals surface area contributed by atoms with E-state index in [1.54, 1.807) is 0 Å². The maximum atomic E-state index is 8.00. The van der Waals surface area contributed by atoms with Crippen LogP contribution < -0.4 is 5.32 Å². The molecule has 0 aliphatic carbocycles. The summed E-state index contributed by atoms with van der Waals surface area (Å²) in [7, 11) is 2.25. The molecule has 2 heterocycles. The van der Waals surface area contributed by atoms with E-state index < -0.39 is 0 Å². The molecule has 2 saturated heterocycles. The van der Waals surface area contributed by atoms with Crippen molar-refractivity contribution in [2.24, 2.45) is 0 Å². The number of piperazine rings is 2. The second-order valence-electron chi connectivity index (χ2n) is 11.9. The maximum Gasteiger partial charge on any atom is 0.106 e. The SMILES string of the molecule is Brc1ccc(CN2CCN[C@@H](Cc3ccccc3)C2)cc1.C.C=O.CN1CCN(Cc2ccc(Br)cc2)C[C@@H]1Cc1ccccc1. The Morgan fingerprint density at radius 2 is 1.11 bits per heavy atom. The Hall–Kier alpha value is -2.65. The summed E-state index contributed by atoms with van der Waals surface area (Å²) in [5.41, 5.74) is 5.63. The molecule has 0 bridgehead atoms. The fraction of sp³-hybridized carbons (Fsp3) is 0.359. The van der Waals surface area contributed by atoms with Crippen molar-refractivity contribution in [2.75, 3.05) is 46.3 Å². The van der Waals surface area contributed by atoms with Crippen LogP contribution in [0.3, 0.4) is 0 Å². The molecule has 4 aromatic carbocycles. The fourth-order valence-corrected chi connectivity index (χ4v) is 6.56. The molecule has 6 rings (SSSR count). The zero-order valence-electron chi connectivity index (χ0n) is 26.3. The van der Waals surface area contributed by atoms with Crippen LogP contribution in [0.2, 0.25) is 0 Å². The molecule has 0 amide bonds. The van der Waals surface area contributed by atoms with Gasteiger partial charge >= 0.3 is 0 Å². The van der Waals surface area contributed by atoms with Crippen molar-refractivity contribution in [3.63, 3.8) is 0 Å². The van der Waals surface area contributed by atoms with Gasteiger partial charge in [-0.3, -0.25) is 9.80 Å². The summed E-state index contributed by atoms with van der Waals surface area (Å²) in [5.74, 6) is 0. The molecular weight excluding hydrogens is 700 g/mol. The van der Waals surface area contributed by atoms with Gasteiger partial charge in [0.2, 0.25) is 0 Å². The van der Waals surface area contributed by atoms with Crippen LogP contribution in [-0.2, 0) is 30.7 Å². The lowest BCUT2D eigenvalue weighted by molar-refractivity contribution is -0.0980. The van der Waals surface area contributed by atoms with Gasteiger partial charge in [0, 0.05) is 73.4 Å². The predicted molar refractivity (Wildman–Crippen MR) is 201 cm³/mol. The van der Waals surface area contributed by atoms with Crippen molar-refractivity contribution >= 4 is 38.6 Å².